The zero-order valence-corrected chi connectivity index (χ0v) is 9.29. The van der Waals surface area contributed by atoms with Crippen LogP contribution in [0.1, 0.15) is 10.4 Å². The molecule has 0 atom stereocenters. The summed E-state index contributed by atoms with van der Waals surface area (Å²) in [5, 5.41) is 10.9. The summed E-state index contributed by atoms with van der Waals surface area (Å²) in [7, 11) is 0. The molecule has 0 fully saturated rings. The lowest BCUT2D eigenvalue weighted by Gasteiger charge is -1.97. The van der Waals surface area contributed by atoms with Gasteiger partial charge in [0, 0.05) is 3.57 Å². The van der Waals surface area contributed by atoms with E-state index < -0.39 is 5.97 Å². The average molecular weight is 305 g/mol. The summed E-state index contributed by atoms with van der Waals surface area (Å²) in [5.41, 5.74) is 0.883. The number of thiocarbonyl (C=S) groups is 1. The SMILES string of the molecule is O=C(O)c1ccc(N=C=S)c(I)c1. The second-order valence-corrected chi connectivity index (χ2v) is 3.52. The fourth-order valence-electron chi connectivity index (χ4n) is 0.780. The third-order valence-corrected chi connectivity index (χ3v) is 2.32. The zero-order valence-electron chi connectivity index (χ0n) is 6.32. The molecular formula is C8H4INO2S. The Labute approximate surface area is 93.6 Å². The smallest absolute Gasteiger partial charge is 0.335 e. The maximum Gasteiger partial charge on any atom is 0.335 e. The summed E-state index contributed by atoms with van der Waals surface area (Å²) in [6.07, 6.45) is 0. The van der Waals surface area contributed by atoms with E-state index in [-0.39, 0.29) is 5.56 Å². The minimum absolute atomic E-state index is 0.243. The van der Waals surface area contributed by atoms with E-state index in [9.17, 15) is 4.79 Å². The molecule has 1 aromatic carbocycles. The van der Waals surface area contributed by atoms with E-state index in [0.717, 1.165) is 3.57 Å². The fourth-order valence-corrected chi connectivity index (χ4v) is 1.51. The van der Waals surface area contributed by atoms with Gasteiger partial charge in [0.15, 0.2) is 0 Å². The van der Waals surface area contributed by atoms with Crippen LogP contribution in [0.3, 0.4) is 0 Å². The molecule has 0 bridgehead atoms. The summed E-state index contributed by atoms with van der Waals surface area (Å²) in [5.74, 6) is -0.948. The Hall–Kier alpha value is -0.780. The highest BCUT2D eigenvalue weighted by Crippen LogP contribution is 2.21. The maximum atomic E-state index is 10.6. The second-order valence-electron chi connectivity index (χ2n) is 2.17. The number of rotatable bonds is 2. The summed E-state index contributed by atoms with van der Waals surface area (Å²) in [6.45, 7) is 0. The lowest BCUT2D eigenvalue weighted by Crippen LogP contribution is -1.95. The van der Waals surface area contributed by atoms with Crippen molar-refractivity contribution >= 4 is 51.6 Å². The van der Waals surface area contributed by atoms with E-state index in [1.807, 2.05) is 22.6 Å². The predicted molar refractivity (Wildman–Crippen MR) is 60.8 cm³/mol. The number of nitrogens with zero attached hydrogens (tertiary/aromatic N) is 1. The minimum Gasteiger partial charge on any atom is -0.478 e. The molecule has 13 heavy (non-hydrogen) atoms. The van der Waals surface area contributed by atoms with Gasteiger partial charge in [0.2, 0.25) is 0 Å². The van der Waals surface area contributed by atoms with Crippen LogP contribution in [0, 0.1) is 3.57 Å². The molecule has 0 unspecified atom stereocenters. The maximum absolute atomic E-state index is 10.6. The Kier molecular flexibility index (Phi) is 3.53. The molecule has 0 aromatic heterocycles. The van der Waals surface area contributed by atoms with Crippen molar-refractivity contribution in [3.63, 3.8) is 0 Å². The molecule has 0 radical (unpaired) electrons. The van der Waals surface area contributed by atoms with E-state index in [4.69, 9.17) is 5.11 Å². The highest BCUT2D eigenvalue weighted by atomic mass is 127. The van der Waals surface area contributed by atoms with Gasteiger partial charge in [0.05, 0.1) is 16.4 Å². The average Bonchev–Trinajstić information content (AvgIpc) is 2.08. The van der Waals surface area contributed by atoms with Crippen LogP contribution in [-0.2, 0) is 0 Å². The van der Waals surface area contributed by atoms with Gasteiger partial charge in [0.25, 0.3) is 0 Å². The number of carbonyl (C=O) groups is 1. The number of halogens is 1. The highest BCUT2D eigenvalue weighted by molar-refractivity contribution is 14.1. The van der Waals surface area contributed by atoms with Crippen molar-refractivity contribution in [1.29, 1.82) is 0 Å². The molecule has 0 heterocycles. The number of isothiocyanates is 1. The van der Waals surface area contributed by atoms with Crippen molar-refractivity contribution in [1.82, 2.24) is 0 Å². The number of carboxylic acids is 1. The van der Waals surface area contributed by atoms with Crippen molar-refractivity contribution in [2.75, 3.05) is 0 Å². The molecule has 3 nitrogen and oxygen atoms in total. The van der Waals surface area contributed by atoms with Crippen molar-refractivity contribution in [3.05, 3.63) is 27.3 Å². The lowest BCUT2D eigenvalue weighted by molar-refractivity contribution is 0.0697. The highest BCUT2D eigenvalue weighted by Gasteiger charge is 2.05. The Morgan fingerprint density at radius 3 is 2.77 bits per heavy atom. The molecule has 5 heteroatoms. The van der Waals surface area contributed by atoms with Crippen LogP contribution >= 0.6 is 34.8 Å². The number of hydrogen-bond donors (Lipinski definition) is 1. The van der Waals surface area contributed by atoms with Crippen LogP contribution in [0.4, 0.5) is 5.69 Å². The molecule has 0 saturated carbocycles. The van der Waals surface area contributed by atoms with Crippen molar-refractivity contribution in [2.24, 2.45) is 4.99 Å². The molecular weight excluding hydrogens is 301 g/mol. The molecule has 1 rings (SSSR count). The third-order valence-electron chi connectivity index (χ3n) is 1.36. The molecule has 66 valence electrons. The van der Waals surface area contributed by atoms with E-state index in [0.29, 0.717) is 5.69 Å². The van der Waals surface area contributed by atoms with Crippen molar-refractivity contribution < 1.29 is 9.90 Å². The topological polar surface area (TPSA) is 49.7 Å². The quantitative estimate of drug-likeness (QED) is 0.519. The number of benzene rings is 1. The Balaban J connectivity index is 3.19. The number of aromatic carboxylic acids is 1. The van der Waals surface area contributed by atoms with Gasteiger partial charge in [-0.05, 0) is 53.0 Å². The van der Waals surface area contributed by atoms with Gasteiger partial charge in [-0.1, -0.05) is 0 Å². The molecule has 0 aliphatic carbocycles. The number of hydrogen-bond acceptors (Lipinski definition) is 3. The predicted octanol–water partition coefficient (Wildman–Crippen LogP) is 2.72. The lowest BCUT2D eigenvalue weighted by atomic mass is 10.2. The second kappa shape index (κ2) is 4.45. The monoisotopic (exact) mass is 305 g/mol. The van der Waals surface area contributed by atoms with Crippen LogP contribution < -0.4 is 0 Å². The number of carboxylic acid groups (broad SMARTS) is 1. The Morgan fingerprint density at radius 1 is 1.62 bits per heavy atom. The van der Waals surface area contributed by atoms with Crippen molar-refractivity contribution in [3.8, 4) is 0 Å². The molecule has 1 N–H and O–H groups in total. The molecule has 0 aliphatic rings. The molecule has 0 aliphatic heterocycles. The van der Waals surface area contributed by atoms with Gasteiger partial charge >= 0.3 is 5.97 Å². The first-order chi connectivity index (χ1) is 6.15. The summed E-state index contributed by atoms with van der Waals surface area (Å²) in [6, 6.07) is 4.62. The summed E-state index contributed by atoms with van der Waals surface area (Å²) < 4.78 is 0.745. The minimum atomic E-state index is -0.948. The summed E-state index contributed by atoms with van der Waals surface area (Å²) in [4.78, 5) is 14.3. The van der Waals surface area contributed by atoms with Crippen LogP contribution in [0.25, 0.3) is 0 Å². The van der Waals surface area contributed by atoms with Gasteiger partial charge in [0.1, 0.15) is 0 Å². The number of aliphatic imine (C=N–C) groups is 1. The molecule has 0 amide bonds. The molecule has 1 aromatic rings. The molecule has 0 spiro atoms. The Morgan fingerprint density at radius 2 is 2.31 bits per heavy atom. The third kappa shape index (κ3) is 2.58. The van der Waals surface area contributed by atoms with Crippen LogP contribution in [0.2, 0.25) is 0 Å². The van der Waals surface area contributed by atoms with E-state index >= 15 is 0 Å². The Bertz CT molecular complexity index is 399. The first-order valence-electron chi connectivity index (χ1n) is 3.26. The van der Waals surface area contributed by atoms with Crippen LogP contribution in [0.15, 0.2) is 23.2 Å². The van der Waals surface area contributed by atoms with Gasteiger partial charge in [-0.2, -0.15) is 4.99 Å². The van der Waals surface area contributed by atoms with Crippen LogP contribution in [0.5, 0.6) is 0 Å². The van der Waals surface area contributed by atoms with Gasteiger partial charge < -0.3 is 5.11 Å². The normalized spacial score (nSPS) is 9.00. The van der Waals surface area contributed by atoms with E-state index in [2.05, 4.69) is 22.4 Å². The largest absolute Gasteiger partial charge is 0.478 e. The first kappa shape index (κ1) is 10.3. The van der Waals surface area contributed by atoms with Crippen molar-refractivity contribution in [2.45, 2.75) is 0 Å². The van der Waals surface area contributed by atoms with Gasteiger partial charge in [-0.3, -0.25) is 0 Å². The fraction of sp³-hybridized carbons (Fsp3) is 0. The summed E-state index contributed by atoms with van der Waals surface area (Å²) >= 11 is 6.44. The van der Waals surface area contributed by atoms with Crippen LogP contribution in [-0.4, -0.2) is 16.2 Å². The standard InChI is InChI=1S/C8H4INO2S/c9-6-3-5(8(11)12)1-2-7(6)10-4-13/h1-3H,(H,11,12). The van der Waals surface area contributed by atoms with E-state index in [1.165, 1.54) is 12.1 Å². The zero-order chi connectivity index (χ0) is 9.84. The molecule has 0 saturated heterocycles. The van der Waals surface area contributed by atoms with Gasteiger partial charge in [-0.25, -0.2) is 4.79 Å². The first-order valence-corrected chi connectivity index (χ1v) is 4.74. The van der Waals surface area contributed by atoms with E-state index in [1.54, 1.807) is 6.07 Å². The van der Waals surface area contributed by atoms with Gasteiger partial charge in [-0.15, -0.1) is 0 Å².